The lowest BCUT2D eigenvalue weighted by Crippen LogP contribution is -2.47. The first-order chi connectivity index (χ1) is 5.04. The van der Waals surface area contributed by atoms with E-state index in [4.69, 9.17) is 27.5 Å². The van der Waals surface area contributed by atoms with Crippen LogP contribution in [0.15, 0.2) is 0 Å². The van der Waals surface area contributed by atoms with Crippen LogP contribution in [0.2, 0.25) is 0 Å². The molecule has 0 aliphatic rings. The summed E-state index contributed by atoms with van der Waals surface area (Å²) in [5.74, 6) is -0.555. The number of nitrogens with one attached hydrogen (secondary N) is 4. The highest BCUT2D eigenvalue weighted by molar-refractivity contribution is 7.85. The molecule has 0 aromatic carbocycles. The molecular formula is C3H9N7S. The highest BCUT2D eigenvalue weighted by Crippen LogP contribution is 1.46. The predicted molar refractivity (Wildman–Crippen MR) is 44.7 cm³/mol. The first-order valence-electron chi connectivity index (χ1n) is 2.27. The first-order valence-corrected chi connectivity index (χ1v) is 2.72. The topological polar surface area (TPSA) is 148 Å². The van der Waals surface area contributed by atoms with E-state index in [1.807, 2.05) is 0 Å². The van der Waals surface area contributed by atoms with Crippen LogP contribution in [0.1, 0.15) is 0 Å². The zero-order valence-corrected chi connectivity index (χ0v) is 6.44. The Kier molecular flexibility index (Phi) is 9.21. The average molecular weight is 175 g/mol. The van der Waals surface area contributed by atoms with Gasteiger partial charge in [-0.05, 0) is 0 Å². The van der Waals surface area contributed by atoms with Crippen molar-refractivity contribution in [3.8, 4) is 5.40 Å². The van der Waals surface area contributed by atoms with Gasteiger partial charge < -0.3 is 11.5 Å². The van der Waals surface area contributed by atoms with Crippen molar-refractivity contribution >= 4 is 24.5 Å². The lowest BCUT2D eigenvalue weighted by Gasteiger charge is -2.02. The highest BCUT2D eigenvalue weighted by Gasteiger charge is 1.82. The van der Waals surface area contributed by atoms with Crippen LogP contribution in [0.25, 0.3) is 0 Å². The van der Waals surface area contributed by atoms with Gasteiger partial charge in [-0.2, -0.15) is 5.26 Å². The Hall–Kier alpha value is -1.62. The number of rotatable bonds is 0. The minimum Gasteiger partial charge on any atom is -0.369 e. The molecule has 0 spiro atoms. The summed E-state index contributed by atoms with van der Waals surface area (Å²) in [5, 5.41) is 21.7. The van der Waals surface area contributed by atoms with Gasteiger partial charge in [0.25, 0.3) is 0 Å². The van der Waals surface area contributed by atoms with Gasteiger partial charge in [0.1, 0.15) is 5.40 Å². The van der Waals surface area contributed by atoms with Gasteiger partial charge in [0.15, 0.2) is 0 Å². The van der Waals surface area contributed by atoms with Crippen LogP contribution in [0.4, 0.5) is 0 Å². The van der Waals surface area contributed by atoms with Crippen molar-refractivity contribution in [1.29, 1.82) is 16.1 Å². The van der Waals surface area contributed by atoms with Crippen molar-refractivity contribution in [1.82, 2.24) is 10.9 Å². The van der Waals surface area contributed by atoms with Gasteiger partial charge in [-0.25, -0.2) is 0 Å². The van der Waals surface area contributed by atoms with Crippen molar-refractivity contribution in [3.63, 3.8) is 0 Å². The van der Waals surface area contributed by atoms with Crippen molar-refractivity contribution in [2.75, 3.05) is 0 Å². The molecule has 0 rings (SSSR count). The van der Waals surface area contributed by atoms with Gasteiger partial charge in [0.05, 0.1) is 0 Å². The van der Waals surface area contributed by atoms with Gasteiger partial charge >= 0.3 is 0 Å². The average Bonchev–Trinajstić information content (AvgIpc) is 1.85. The summed E-state index contributed by atoms with van der Waals surface area (Å²) >= 11 is 3.09. The molecule has 0 aromatic heterocycles. The Balaban J connectivity index is 0. The molecule has 0 bridgehead atoms. The SMILES string of the molecule is N#CS.N=C(N)NNC(=N)N. The van der Waals surface area contributed by atoms with E-state index in [2.05, 4.69) is 23.5 Å². The summed E-state index contributed by atoms with van der Waals surface area (Å²) in [6.07, 6.45) is 0. The molecule has 0 unspecified atom stereocenters. The Bertz CT molecular complexity index is 155. The highest BCUT2D eigenvalue weighted by atomic mass is 32.1. The van der Waals surface area contributed by atoms with Crippen LogP contribution < -0.4 is 22.3 Å². The number of thiocyanates is 1. The molecule has 0 atom stereocenters. The molecule has 0 saturated heterocycles. The summed E-state index contributed by atoms with van der Waals surface area (Å²) in [5.41, 5.74) is 13.8. The van der Waals surface area contributed by atoms with Crippen LogP contribution in [-0.4, -0.2) is 11.9 Å². The van der Waals surface area contributed by atoms with E-state index in [1.165, 1.54) is 5.40 Å². The number of hydrogen-bond donors (Lipinski definition) is 7. The van der Waals surface area contributed by atoms with Crippen LogP contribution in [0.3, 0.4) is 0 Å². The van der Waals surface area contributed by atoms with E-state index >= 15 is 0 Å². The second-order valence-electron chi connectivity index (χ2n) is 1.18. The maximum atomic E-state index is 7.18. The van der Waals surface area contributed by atoms with Crippen LogP contribution in [0, 0.1) is 21.5 Å². The van der Waals surface area contributed by atoms with E-state index in [1.54, 1.807) is 0 Å². The smallest absolute Gasteiger partial charge is 0.204 e. The molecule has 0 saturated carbocycles. The summed E-state index contributed by atoms with van der Waals surface area (Å²) in [4.78, 5) is 0. The largest absolute Gasteiger partial charge is 0.369 e. The van der Waals surface area contributed by atoms with Gasteiger partial charge in [-0.1, -0.05) is 12.6 Å². The number of guanidine groups is 2. The Morgan fingerprint density at radius 2 is 1.45 bits per heavy atom. The van der Waals surface area contributed by atoms with E-state index in [9.17, 15) is 0 Å². The van der Waals surface area contributed by atoms with Crippen molar-refractivity contribution in [2.24, 2.45) is 11.5 Å². The summed E-state index contributed by atoms with van der Waals surface area (Å²) < 4.78 is 0. The van der Waals surface area contributed by atoms with Crippen molar-refractivity contribution in [2.45, 2.75) is 0 Å². The predicted octanol–water partition coefficient (Wildman–Crippen LogP) is -1.74. The fourth-order valence-electron chi connectivity index (χ4n) is 0.135. The van der Waals surface area contributed by atoms with Gasteiger partial charge in [0, 0.05) is 0 Å². The molecule has 8 heteroatoms. The van der Waals surface area contributed by atoms with Crippen LogP contribution >= 0.6 is 12.6 Å². The van der Waals surface area contributed by atoms with Crippen molar-refractivity contribution in [3.05, 3.63) is 0 Å². The number of nitrogens with two attached hydrogens (primary N) is 2. The Labute approximate surface area is 69.1 Å². The summed E-state index contributed by atoms with van der Waals surface area (Å²) in [7, 11) is 0. The van der Waals surface area contributed by atoms with Crippen molar-refractivity contribution < 1.29 is 0 Å². The molecule has 0 amide bonds. The maximum Gasteiger partial charge on any atom is 0.204 e. The third-order valence-corrected chi connectivity index (χ3v) is 0.332. The quantitative estimate of drug-likeness (QED) is 0.0767. The molecule has 0 heterocycles. The number of nitrogens with zero attached hydrogens (tertiary/aromatic N) is 1. The molecular weight excluding hydrogens is 166 g/mol. The fourth-order valence-corrected chi connectivity index (χ4v) is 0.135. The number of thiol groups is 1. The minimum absolute atomic E-state index is 0.278. The number of nitriles is 1. The van der Waals surface area contributed by atoms with Crippen LogP contribution in [-0.2, 0) is 0 Å². The van der Waals surface area contributed by atoms with Gasteiger partial charge in [-0.15, -0.1) is 0 Å². The third-order valence-electron chi connectivity index (χ3n) is 0.332. The molecule has 11 heavy (non-hydrogen) atoms. The second kappa shape index (κ2) is 8.38. The Morgan fingerprint density at radius 3 is 1.55 bits per heavy atom. The fraction of sp³-hybridized carbons (Fsp3) is 0. The normalized spacial score (nSPS) is 6.18. The Morgan fingerprint density at radius 1 is 1.27 bits per heavy atom. The lowest BCUT2D eigenvalue weighted by atomic mass is 11.0. The zero-order chi connectivity index (χ0) is 9.28. The molecule has 8 N–H and O–H groups in total. The summed E-state index contributed by atoms with van der Waals surface area (Å²) in [6.45, 7) is 0. The lowest BCUT2D eigenvalue weighted by molar-refractivity contribution is 0.833. The van der Waals surface area contributed by atoms with Gasteiger partial charge in [0.2, 0.25) is 11.9 Å². The molecule has 62 valence electrons. The first kappa shape index (κ1) is 12.1. The van der Waals surface area contributed by atoms with E-state index in [-0.39, 0.29) is 11.9 Å². The molecule has 0 aliphatic heterocycles. The van der Waals surface area contributed by atoms with E-state index in [0.717, 1.165) is 0 Å². The van der Waals surface area contributed by atoms with E-state index in [0.29, 0.717) is 0 Å². The molecule has 0 aliphatic carbocycles. The molecule has 7 nitrogen and oxygen atoms in total. The second-order valence-corrected chi connectivity index (χ2v) is 1.38. The molecule has 0 fully saturated rings. The number of hydrazine groups is 1. The molecule has 0 radical (unpaired) electrons. The van der Waals surface area contributed by atoms with Crippen LogP contribution in [0.5, 0.6) is 0 Å². The third kappa shape index (κ3) is 29.9. The number of hydrogen-bond acceptors (Lipinski definition) is 4. The maximum absolute atomic E-state index is 7.18. The summed E-state index contributed by atoms with van der Waals surface area (Å²) in [6, 6.07) is 0. The zero-order valence-electron chi connectivity index (χ0n) is 5.55. The molecule has 0 aromatic rings. The monoisotopic (exact) mass is 175 g/mol. The van der Waals surface area contributed by atoms with E-state index < -0.39 is 0 Å². The minimum atomic E-state index is -0.278. The standard InChI is InChI=1S/C2H8N6.CHNS/c3-1(4)7-8-2(5)6;2-1-3/h(H4,3,4,7)(H4,5,6,8);3H. The van der Waals surface area contributed by atoms with Gasteiger partial charge in [-0.3, -0.25) is 21.7 Å².